The third kappa shape index (κ3) is 7.61. The molecule has 1 unspecified atom stereocenters. The Bertz CT molecular complexity index is 1110. The number of hydrogen-bond acceptors (Lipinski definition) is 4. The number of aryl methyl sites for hydroxylation is 1. The van der Waals surface area contributed by atoms with E-state index >= 15 is 0 Å². The van der Waals surface area contributed by atoms with Crippen LogP contribution in [0.15, 0.2) is 42.5 Å². The third-order valence-electron chi connectivity index (χ3n) is 5.28. The van der Waals surface area contributed by atoms with Gasteiger partial charge in [0.15, 0.2) is 0 Å². The summed E-state index contributed by atoms with van der Waals surface area (Å²) in [4.78, 5) is 27.9. The van der Waals surface area contributed by atoms with Crippen molar-refractivity contribution in [2.24, 2.45) is 0 Å². The monoisotopic (exact) mass is 527 g/mol. The van der Waals surface area contributed by atoms with Crippen LogP contribution in [0.2, 0.25) is 10.0 Å². The molecule has 0 aromatic heterocycles. The molecule has 0 heterocycles. The average molecular weight is 529 g/mol. The van der Waals surface area contributed by atoms with Gasteiger partial charge in [0.05, 0.1) is 22.0 Å². The summed E-state index contributed by atoms with van der Waals surface area (Å²) >= 11 is 12.1. The van der Waals surface area contributed by atoms with Gasteiger partial charge in [-0.15, -0.1) is 0 Å². The lowest BCUT2D eigenvalue weighted by atomic mass is 10.1. The van der Waals surface area contributed by atoms with Gasteiger partial charge >= 0.3 is 0 Å². The van der Waals surface area contributed by atoms with Crippen LogP contribution in [-0.4, -0.2) is 50.5 Å². The molecule has 0 bridgehead atoms. The molecule has 2 aromatic carbocycles. The molecular weight excluding hydrogens is 497 g/mol. The van der Waals surface area contributed by atoms with E-state index in [1.165, 1.54) is 23.1 Å². The van der Waals surface area contributed by atoms with Gasteiger partial charge in [-0.2, -0.15) is 0 Å². The maximum atomic E-state index is 13.6. The number of benzene rings is 2. The van der Waals surface area contributed by atoms with E-state index in [0.29, 0.717) is 13.0 Å². The van der Waals surface area contributed by atoms with Crippen molar-refractivity contribution < 1.29 is 18.0 Å². The fourth-order valence-corrected chi connectivity index (χ4v) is 4.56. The summed E-state index contributed by atoms with van der Waals surface area (Å²) in [6.07, 6.45) is 2.14. The first-order chi connectivity index (χ1) is 16.0. The number of amides is 2. The highest BCUT2D eigenvalue weighted by Gasteiger charge is 2.31. The Morgan fingerprint density at radius 2 is 1.68 bits per heavy atom. The van der Waals surface area contributed by atoms with Crippen molar-refractivity contribution in [2.45, 2.75) is 46.2 Å². The van der Waals surface area contributed by atoms with Gasteiger partial charge < -0.3 is 10.2 Å². The van der Waals surface area contributed by atoms with Gasteiger partial charge in [0, 0.05) is 13.1 Å². The standard InChI is InChI=1S/C24H31Cl2N3O4S/c1-5-13-27-24(31)22(6-2)28(15-18-9-7-17(3)8-10-18)23(30)16-29(34(4,32)33)19-11-12-20(25)21(26)14-19/h7-12,14,22H,5-6,13,15-16H2,1-4H3,(H,27,31). The van der Waals surface area contributed by atoms with Gasteiger partial charge in [0.25, 0.3) is 0 Å². The molecule has 0 fully saturated rings. The number of nitrogens with one attached hydrogen (secondary N) is 1. The van der Waals surface area contributed by atoms with Crippen molar-refractivity contribution in [3.63, 3.8) is 0 Å². The highest BCUT2D eigenvalue weighted by atomic mass is 35.5. The Morgan fingerprint density at radius 1 is 1.03 bits per heavy atom. The lowest BCUT2D eigenvalue weighted by Gasteiger charge is -2.33. The van der Waals surface area contributed by atoms with E-state index in [1.54, 1.807) is 0 Å². The van der Waals surface area contributed by atoms with Crippen molar-refractivity contribution in [3.05, 3.63) is 63.6 Å². The van der Waals surface area contributed by atoms with Crippen LogP contribution in [0.5, 0.6) is 0 Å². The predicted molar refractivity (Wildman–Crippen MR) is 138 cm³/mol. The maximum Gasteiger partial charge on any atom is 0.244 e. The molecule has 0 saturated carbocycles. The summed E-state index contributed by atoms with van der Waals surface area (Å²) in [5.74, 6) is -0.777. The van der Waals surface area contributed by atoms with Crippen LogP contribution in [0, 0.1) is 6.92 Å². The van der Waals surface area contributed by atoms with Crippen molar-refractivity contribution in [1.29, 1.82) is 0 Å². The van der Waals surface area contributed by atoms with Gasteiger partial charge in [-0.1, -0.05) is 66.9 Å². The highest BCUT2D eigenvalue weighted by molar-refractivity contribution is 7.92. The largest absolute Gasteiger partial charge is 0.354 e. The molecule has 0 saturated heterocycles. The second kappa shape index (κ2) is 12.4. The highest BCUT2D eigenvalue weighted by Crippen LogP contribution is 2.28. The quantitative estimate of drug-likeness (QED) is 0.469. The molecule has 0 aliphatic heterocycles. The second-order valence-electron chi connectivity index (χ2n) is 8.09. The number of anilines is 1. The van der Waals surface area contributed by atoms with Gasteiger partial charge in [0.2, 0.25) is 21.8 Å². The second-order valence-corrected chi connectivity index (χ2v) is 10.8. The average Bonchev–Trinajstić information content (AvgIpc) is 2.78. The van der Waals surface area contributed by atoms with Crippen LogP contribution < -0.4 is 9.62 Å². The number of carbonyl (C=O) groups excluding carboxylic acids is 2. The molecule has 186 valence electrons. The lowest BCUT2D eigenvalue weighted by Crippen LogP contribution is -2.52. The topological polar surface area (TPSA) is 86.8 Å². The molecule has 0 spiro atoms. The number of nitrogens with zero attached hydrogens (tertiary/aromatic N) is 2. The first-order valence-electron chi connectivity index (χ1n) is 11.0. The molecule has 7 nitrogen and oxygen atoms in total. The Hall–Kier alpha value is -2.29. The molecule has 1 atom stereocenters. The smallest absolute Gasteiger partial charge is 0.244 e. The van der Waals surface area contributed by atoms with Gasteiger partial charge in [-0.25, -0.2) is 8.42 Å². The summed E-state index contributed by atoms with van der Waals surface area (Å²) in [6.45, 7) is 5.88. The third-order valence-corrected chi connectivity index (χ3v) is 7.16. The Balaban J connectivity index is 2.43. The van der Waals surface area contributed by atoms with Crippen LogP contribution in [0.25, 0.3) is 0 Å². The van der Waals surface area contributed by atoms with E-state index in [2.05, 4.69) is 5.32 Å². The Labute approximate surface area is 212 Å². The van der Waals surface area contributed by atoms with E-state index in [9.17, 15) is 18.0 Å². The molecule has 34 heavy (non-hydrogen) atoms. The van der Waals surface area contributed by atoms with Crippen LogP contribution >= 0.6 is 23.2 Å². The minimum absolute atomic E-state index is 0.163. The van der Waals surface area contributed by atoms with E-state index in [-0.39, 0.29) is 28.2 Å². The first-order valence-corrected chi connectivity index (χ1v) is 13.6. The number of sulfonamides is 1. The Morgan fingerprint density at radius 3 is 2.21 bits per heavy atom. The zero-order valence-corrected chi connectivity index (χ0v) is 22.2. The van der Waals surface area contributed by atoms with Crippen LogP contribution in [0.4, 0.5) is 5.69 Å². The van der Waals surface area contributed by atoms with Crippen LogP contribution in [-0.2, 0) is 26.2 Å². The zero-order valence-electron chi connectivity index (χ0n) is 19.8. The van der Waals surface area contributed by atoms with Crippen molar-refractivity contribution in [1.82, 2.24) is 10.2 Å². The lowest BCUT2D eigenvalue weighted by molar-refractivity contribution is -0.140. The van der Waals surface area contributed by atoms with Gasteiger partial charge in [-0.05, 0) is 43.5 Å². The molecule has 10 heteroatoms. The summed E-state index contributed by atoms with van der Waals surface area (Å²) in [7, 11) is -3.84. The van der Waals surface area contributed by atoms with Crippen molar-refractivity contribution in [2.75, 3.05) is 23.7 Å². The molecule has 0 radical (unpaired) electrons. The van der Waals surface area contributed by atoms with Crippen LogP contribution in [0.3, 0.4) is 0 Å². The van der Waals surface area contributed by atoms with E-state index < -0.39 is 28.5 Å². The number of halogens is 2. The van der Waals surface area contributed by atoms with E-state index in [4.69, 9.17) is 23.2 Å². The zero-order chi connectivity index (χ0) is 25.5. The molecule has 0 aliphatic rings. The normalized spacial score (nSPS) is 12.2. The Kier molecular flexibility index (Phi) is 10.2. The summed E-state index contributed by atoms with van der Waals surface area (Å²) < 4.78 is 26.2. The van der Waals surface area contributed by atoms with E-state index in [0.717, 1.165) is 28.1 Å². The maximum absolute atomic E-state index is 13.6. The van der Waals surface area contributed by atoms with Crippen LogP contribution in [0.1, 0.15) is 37.8 Å². The number of hydrogen-bond donors (Lipinski definition) is 1. The number of rotatable bonds is 11. The summed E-state index contributed by atoms with van der Waals surface area (Å²) in [5, 5.41) is 3.28. The first kappa shape index (κ1) is 28.0. The fourth-order valence-electron chi connectivity index (χ4n) is 3.43. The molecule has 2 rings (SSSR count). The van der Waals surface area contributed by atoms with Gasteiger partial charge in [-0.3, -0.25) is 13.9 Å². The summed E-state index contributed by atoms with van der Waals surface area (Å²) in [5.41, 5.74) is 2.11. The molecular formula is C24H31Cl2N3O4S. The minimum atomic E-state index is -3.84. The van der Waals surface area contributed by atoms with Gasteiger partial charge in [0.1, 0.15) is 12.6 Å². The minimum Gasteiger partial charge on any atom is -0.354 e. The van der Waals surface area contributed by atoms with E-state index in [1.807, 2.05) is 45.0 Å². The molecule has 2 amide bonds. The molecule has 2 aromatic rings. The molecule has 0 aliphatic carbocycles. The SMILES string of the molecule is CCCNC(=O)C(CC)N(Cc1ccc(C)cc1)C(=O)CN(c1ccc(Cl)c(Cl)c1)S(C)(=O)=O. The molecule has 1 N–H and O–H groups in total. The van der Waals surface area contributed by atoms with Crippen molar-refractivity contribution >= 4 is 50.7 Å². The summed E-state index contributed by atoms with van der Waals surface area (Å²) in [6, 6.07) is 11.2. The number of carbonyl (C=O) groups is 2. The predicted octanol–water partition coefficient (Wildman–Crippen LogP) is 4.40. The van der Waals surface area contributed by atoms with Crippen molar-refractivity contribution in [3.8, 4) is 0 Å². The fraction of sp³-hybridized carbons (Fsp3) is 0.417.